The van der Waals surface area contributed by atoms with Gasteiger partial charge in [0.25, 0.3) is 5.91 Å². The number of likely N-dealkylation sites (tertiary alicyclic amines) is 2. The molecule has 300 valence electrons. The second-order valence-corrected chi connectivity index (χ2v) is 16.9. The van der Waals surface area contributed by atoms with Crippen molar-refractivity contribution in [1.29, 1.82) is 0 Å². The van der Waals surface area contributed by atoms with Crippen LogP contribution in [0.3, 0.4) is 0 Å². The summed E-state index contributed by atoms with van der Waals surface area (Å²) in [6, 6.07) is 12.2. The lowest BCUT2D eigenvalue weighted by Crippen LogP contribution is -2.62. The summed E-state index contributed by atoms with van der Waals surface area (Å²) >= 11 is 0. The number of rotatable bonds is 10. The average molecular weight is 775 g/mol. The number of amides is 2. The SMILES string of the molecule is CC1CN(C(=O)CCC2CC23CN(C(=O)c2ccccc2F)CC2(CCN(CCc4ncccc4F)CC2)O3)CC2(CCN(CCc3ncccc3F)CC2)O1. The van der Waals surface area contributed by atoms with Crippen molar-refractivity contribution < 1.29 is 32.2 Å². The van der Waals surface area contributed by atoms with Crippen molar-refractivity contribution in [2.24, 2.45) is 5.92 Å². The van der Waals surface area contributed by atoms with Crippen molar-refractivity contribution in [2.75, 3.05) is 65.4 Å². The van der Waals surface area contributed by atoms with Crippen LogP contribution in [0.15, 0.2) is 60.9 Å². The van der Waals surface area contributed by atoms with Gasteiger partial charge >= 0.3 is 0 Å². The summed E-state index contributed by atoms with van der Waals surface area (Å²) in [6.45, 7) is 8.37. The highest BCUT2D eigenvalue weighted by Gasteiger charge is 2.63. The van der Waals surface area contributed by atoms with Crippen LogP contribution >= 0.6 is 0 Å². The number of benzene rings is 1. The molecule has 2 amide bonds. The number of morpholine rings is 2. The van der Waals surface area contributed by atoms with Crippen LogP contribution in [0.5, 0.6) is 0 Å². The third-order valence-electron chi connectivity index (χ3n) is 12.9. The number of piperidine rings is 2. The molecule has 3 spiro atoms. The van der Waals surface area contributed by atoms with E-state index in [0.29, 0.717) is 82.6 Å². The second kappa shape index (κ2) is 16.2. The molecular formula is C43H53F3N6O4. The maximum atomic E-state index is 14.9. The molecule has 6 heterocycles. The van der Waals surface area contributed by atoms with Gasteiger partial charge < -0.3 is 29.1 Å². The summed E-state index contributed by atoms with van der Waals surface area (Å²) in [6.07, 6.45) is 8.98. The van der Waals surface area contributed by atoms with Gasteiger partial charge in [-0.15, -0.1) is 0 Å². The number of hydrogen-bond acceptors (Lipinski definition) is 8. The van der Waals surface area contributed by atoms with Crippen LogP contribution in [-0.2, 0) is 27.1 Å². The molecule has 10 nitrogen and oxygen atoms in total. The van der Waals surface area contributed by atoms with Gasteiger partial charge in [0.15, 0.2) is 0 Å². The number of pyridine rings is 2. The number of carbonyl (C=O) groups excluding carboxylic acids is 2. The van der Waals surface area contributed by atoms with Gasteiger partial charge in [-0.05, 0) is 87.8 Å². The summed E-state index contributed by atoms with van der Waals surface area (Å²) in [5.74, 6) is -1.23. The predicted octanol–water partition coefficient (Wildman–Crippen LogP) is 5.31. The molecule has 0 radical (unpaired) electrons. The Morgan fingerprint density at radius 2 is 1.32 bits per heavy atom. The van der Waals surface area contributed by atoms with Crippen molar-refractivity contribution in [3.05, 3.63) is 95.3 Å². The number of halogens is 3. The summed E-state index contributed by atoms with van der Waals surface area (Å²) in [4.78, 5) is 44.6. The number of aromatic nitrogens is 2. The van der Waals surface area contributed by atoms with E-state index in [4.69, 9.17) is 9.47 Å². The Morgan fingerprint density at radius 1 is 0.750 bits per heavy atom. The molecule has 3 atom stereocenters. The average Bonchev–Trinajstić information content (AvgIpc) is 3.86. The quantitative estimate of drug-likeness (QED) is 0.274. The van der Waals surface area contributed by atoms with Crippen molar-refractivity contribution in [3.63, 3.8) is 0 Å². The minimum absolute atomic E-state index is 0.0604. The third-order valence-corrected chi connectivity index (χ3v) is 12.9. The molecular weight excluding hydrogens is 722 g/mol. The largest absolute Gasteiger partial charge is 0.368 e. The van der Waals surface area contributed by atoms with E-state index in [1.807, 2.05) is 11.8 Å². The highest BCUT2D eigenvalue weighted by atomic mass is 19.1. The summed E-state index contributed by atoms with van der Waals surface area (Å²) in [5.41, 5.74) is -0.560. The van der Waals surface area contributed by atoms with E-state index < -0.39 is 22.6 Å². The van der Waals surface area contributed by atoms with E-state index in [1.54, 1.807) is 41.6 Å². The second-order valence-electron chi connectivity index (χ2n) is 16.9. The summed E-state index contributed by atoms with van der Waals surface area (Å²) in [5, 5.41) is 0. The van der Waals surface area contributed by atoms with E-state index in [9.17, 15) is 22.8 Å². The van der Waals surface area contributed by atoms with Crippen molar-refractivity contribution in [1.82, 2.24) is 29.6 Å². The molecule has 3 aromatic rings. The van der Waals surface area contributed by atoms with E-state index >= 15 is 0 Å². The van der Waals surface area contributed by atoms with Gasteiger partial charge in [-0.25, -0.2) is 13.2 Å². The van der Waals surface area contributed by atoms with Gasteiger partial charge in [-0.2, -0.15) is 0 Å². The number of ether oxygens (including phenoxy) is 2. The van der Waals surface area contributed by atoms with Crippen LogP contribution in [0.1, 0.15) is 73.6 Å². The van der Waals surface area contributed by atoms with Crippen molar-refractivity contribution in [3.8, 4) is 0 Å². The first-order valence-corrected chi connectivity index (χ1v) is 20.4. The van der Waals surface area contributed by atoms with E-state index in [-0.39, 0.29) is 41.0 Å². The molecule has 1 aromatic carbocycles. The molecule has 0 N–H and O–H groups in total. The lowest BCUT2D eigenvalue weighted by atomic mass is 9.87. The van der Waals surface area contributed by atoms with E-state index in [2.05, 4.69) is 19.8 Å². The zero-order chi connectivity index (χ0) is 38.9. The number of nitrogens with zero attached hydrogens (tertiary/aromatic N) is 6. The lowest BCUT2D eigenvalue weighted by Gasteiger charge is -2.51. The Balaban J connectivity index is 0.880. The van der Waals surface area contributed by atoms with E-state index in [1.165, 1.54) is 24.3 Å². The van der Waals surface area contributed by atoms with Gasteiger partial charge in [-0.1, -0.05) is 12.1 Å². The third kappa shape index (κ3) is 8.51. The molecule has 4 aliphatic heterocycles. The molecule has 4 saturated heterocycles. The monoisotopic (exact) mass is 774 g/mol. The molecule has 2 aromatic heterocycles. The molecule has 5 fully saturated rings. The van der Waals surface area contributed by atoms with Crippen LogP contribution in [0.25, 0.3) is 0 Å². The minimum Gasteiger partial charge on any atom is -0.368 e. The number of hydrogen-bond donors (Lipinski definition) is 0. The fourth-order valence-electron chi connectivity index (χ4n) is 9.72. The maximum Gasteiger partial charge on any atom is 0.257 e. The Kier molecular flexibility index (Phi) is 11.2. The fourth-order valence-corrected chi connectivity index (χ4v) is 9.72. The molecule has 56 heavy (non-hydrogen) atoms. The normalized spacial score (nSPS) is 26.2. The highest BCUT2D eigenvalue weighted by molar-refractivity contribution is 5.94. The Hall–Kier alpha value is -3.91. The predicted molar refractivity (Wildman–Crippen MR) is 203 cm³/mol. The molecule has 0 bridgehead atoms. The molecule has 1 saturated carbocycles. The van der Waals surface area contributed by atoms with Gasteiger partial charge in [0.05, 0.1) is 52.9 Å². The lowest BCUT2D eigenvalue weighted by molar-refractivity contribution is -0.186. The van der Waals surface area contributed by atoms with E-state index in [0.717, 1.165) is 52.0 Å². The highest BCUT2D eigenvalue weighted by Crippen LogP contribution is 2.56. The molecule has 5 aliphatic rings. The molecule has 1 aliphatic carbocycles. The smallest absolute Gasteiger partial charge is 0.257 e. The first kappa shape index (κ1) is 38.9. The van der Waals surface area contributed by atoms with Gasteiger partial charge in [0, 0.05) is 84.0 Å². The van der Waals surface area contributed by atoms with Gasteiger partial charge in [-0.3, -0.25) is 19.6 Å². The van der Waals surface area contributed by atoms with Gasteiger partial charge in [0.1, 0.15) is 17.5 Å². The van der Waals surface area contributed by atoms with Crippen molar-refractivity contribution >= 4 is 11.8 Å². The fraction of sp³-hybridized carbons (Fsp3) is 0.581. The minimum atomic E-state index is -0.586. The van der Waals surface area contributed by atoms with Crippen LogP contribution in [0, 0.1) is 23.4 Å². The Labute approximate surface area is 327 Å². The Bertz CT molecular complexity index is 1890. The van der Waals surface area contributed by atoms with Crippen LogP contribution in [0.2, 0.25) is 0 Å². The summed E-state index contributed by atoms with van der Waals surface area (Å²) in [7, 11) is 0. The molecule has 8 rings (SSSR count). The number of carbonyl (C=O) groups is 2. The Morgan fingerprint density at radius 3 is 1.93 bits per heavy atom. The topological polar surface area (TPSA) is 91.3 Å². The maximum absolute atomic E-state index is 14.9. The van der Waals surface area contributed by atoms with Crippen LogP contribution in [0.4, 0.5) is 13.2 Å². The zero-order valence-corrected chi connectivity index (χ0v) is 32.3. The standard InChI is InChI=1S/C43H53F3N6O4/c1-31-27-51(28-41(55-31)14-22-49(23-15-41)20-12-37-35(45)8-4-18-47-37)39(53)11-10-32-26-43(32)30-52(40(54)33-6-2-3-7-34(33)44)29-42(56-43)16-24-50(25-17-42)21-13-38-36(46)9-5-19-48-38/h2-9,18-19,31-32H,10-17,20-30H2,1H3. The van der Waals surface area contributed by atoms with Gasteiger partial charge in [0.2, 0.25) is 5.91 Å². The van der Waals surface area contributed by atoms with Crippen LogP contribution < -0.4 is 0 Å². The summed E-state index contributed by atoms with van der Waals surface area (Å²) < 4.78 is 56.9. The first-order valence-electron chi connectivity index (χ1n) is 20.4. The first-order chi connectivity index (χ1) is 27.0. The van der Waals surface area contributed by atoms with Crippen LogP contribution in [-0.4, -0.2) is 130 Å². The zero-order valence-electron chi connectivity index (χ0n) is 32.3. The van der Waals surface area contributed by atoms with Crippen molar-refractivity contribution in [2.45, 2.75) is 87.6 Å². The molecule has 13 heteroatoms. The molecule has 3 unspecified atom stereocenters.